The van der Waals surface area contributed by atoms with E-state index in [0.29, 0.717) is 5.04 Å². The minimum atomic E-state index is -0.288. The van der Waals surface area contributed by atoms with Gasteiger partial charge in [-0.3, -0.25) is 4.35 Å². The SMILES string of the molecule is CC(C)(C)[SiH2]n1cncn1. The van der Waals surface area contributed by atoms with Gasteiger partial charge < -0.3 is 0 Å². The van der Waals surface area contributed by atoms with Crippen molar-refractivity contribution in [3.63, 3.8) is 0 Å². The van der Waals surface area contributed by atoms with Crippen LogP contribution < -0.4 is 0 Å². The lowest BCUT2D eigenvalue weighted by molar-refractivity contribution is 0.725. The van der Waals surface area contributed by atoms with E-state index in [0.717, 1.165) is 0 Å². The van der Waals surface area contributed by atoms with Crippen molar-refractivity contribution in [1.82, 2.24) is 14.4 Å². The van der Waals surface area contributed by atoms with E-state index in [1.807, 2.05) is 4.35 Å². The van der Waals surface area contributed by atoms with Crippen LogP contribution >= 0.6 is 0 Å². The molecule has 3 nitrogen and oxygen atoms in total. The van der Waals surface area contributed by atoms with E-state index < -0.39 is 0 Å². The van der Waals surface area contributed by atoms with Gasteiger partial charge in [-0.25, -0.2) is 4.98 Å². The van der Waals surface area contributed by atoms with Crippen LogP contribution in [0.15, 0.2) is 12.7 Å². The van der Waals surface area contributed by atoms with Gasteiger partial charge in [0.1, 0.15) is 12.7 Å². The molecular weight excluding hydrogens is 142 g/mol. The van der Waals surface area contributed by atoms with E-state index in [4.69, 9.17) is 0 Å². The lowest BCUT2D eigenvalue weighted by Crippen LogP contribution is -2.18. The van der Waals surface area contributed by atoms with Crippen LogP contribution in [0.3, 0.4) is 0 Å². The Morgan fingerprint density at radius 2 is 2.10 bits per heavy atom. The molecule has 0 aliphatic heterocycles. The van der Waals surface area contributed by atoms with Crippen LogP contribution in [0.1, 0.15) is 20.8 Å². The Balaban J connectivity index is 2.57. The Bertz CT molecular complexity index is 187. The van der Waals surface area contributed by atoms with Crippen LogP contribution in [0.2, 0.25) is 5.04 Å². The molecule has 0 N–H and O–H groups in total. The van der Waals surface area contributed by atoms with Gasteiger partial charge in [-0.2, -0.15) is 5.10 Å². The lowest BCUT2D eigenvalue weighted by Gasteiger charge is -2.15. The summed E-state index contributed by atoms with van der Waals surface area (Å²) in [5, 5.41) is 4.49. The molecule has 0 spiro atoms. The third-order valence-electron chi connectivity index (χ3n) is 1.10. The van der Waals surface area contributed by atoms with E-state index in [1.165, 1.54) is 0 Å². The summed E-state index contributed by atoms with van der Waals surface area (Å²) >= 11 is 0. The Morgan fingerprint density at radius 3 is 2.50 bits per heavy atom. The first-order valence-corrected chi connectivity index (χ1v) is 4.74. The minimum Gasteiger partial charge on any atom is -0.290 e. The fraction of sp³-hybridized carbons (Fsp3) is 0.667. The molecule has 4 heteroatoms. The van der Waals surface area contributed by atoms with Crippen LogP contribution in [0.4, 0.5) is 0 Å². The quantitative estimate of drug-likeness (QED) is 0.551. The lowest BCUT2D eigenvalue weighted by atomic mass is 10.3. The summed E-state index contributed by atoms with van der Waals surface area (Å²) in [5.74, 6) is 0. The van der Waals surface area contributed by atoms with Crippen LogP contribution in [0, 0.1) is 0 Å². The molecule has 1 rings (SSSR count). The number of aromatic nitrogens is 3. The molecule has 0 aliphatic carbocycles. The highest BCUT2D eigenvalue weighted by Crippen LogP contribution is 2.19. The summed E-state index contributed by atoms with van der Waals surface area (Å²) in [6.07, 6.45) is 3.40. The highest BCUT2D eigenvalue weighted by Gasteiger charge is 2.12. The molecule has 1 heterocycles. The highest BCUT2D eigenvalue weighted by molar-refractivity contribution is 6.37. The molecule has 56 valence electrons. The van der Waals surface area contributed by atoms with Crippen molar-refractivity contribution in [2.75, 3.05) is 0 Å². The normalized spacial score (nSPS) is 13.1. The second-order valence-corrected chi connectivity index (χ2v) is 6.74. The molecule has 10 heavy (non-hydrogen) atoms. The first kappa shape index (κ1) is 7.46. The number of hydrogen-bond acceptors (Lipinski definition) is 2. The molecule has 0 saturated heterocycles. The van der Waals surface area contributed by atoms with Gasteiger partial charge in [0, 0.05) is 0 Å². The van der Waals surface area contributed by atoms with Crippen molar-refractivity contribution >= 4 is 9.68 Å². The van der Waals surface area contributed by atoms with Gasteiger partial charge in [-0.1, -0.05) is 20.8 Å². The first-order chi connectivity index (χ1) is 4.58. The topological polar surface area (TPSA) is 30.7 Å². The maximum Gasteiger partial charge on any atom is 0.161 e. The van der Waals surface area contributed by atoms with E-state index in [2.05, 4.69) is 30.9 Å². The van der Waals surface area contributed by atoms with Gasteiger partial charge in [0.15, 0.2) is 9.68 Å². The summed E-state index contributed by atoms with van der Waals surface area (Å²) in [5.41, 5.74) is 0. The maximum atomic E-state index is 4.07. The highest BCUT2D eigenvalue weighted by atomic mass is 28.2. The predicted molar refractivity (Wildman–Crippen MR) is 43.7 cm³/mol. The van der Waals surface area contributed by atoms with Gasteiger partial charge >= 0.3 is 0 Å². The molecule has 0 atom stereocenters. The first-order valence-electron chi connectivity index (χ1n) is 3.40. The van der Waals surface area contributed by atoms with Gasteiger partial charge in [0.2, 0.25) is 0 Å². The van der Waals surface area contributed by atoms with Crippen LogP contribution in [0.25, 0.3) is 0 Å². The number of rotatable bonds is 1. The zero-order valence-electron chi connectivity index (χ0n) is 6.70. The summed E-state index contributed by atoms with van der Waals surface area (Å²) in [7, 11) is -0.288. The van der Waals surface area contributed by atoms with Crippen molar-refractivity contribution in [1.29, 1.82) is 0 Å². The minimum absolute atomic E-state index is 0.288. The van der Waals surface area contributed by atoms with Crippen molar-refractivity contribution in [2.45, 2.75) is 25.8 Å². The van der Waals surface area contributed by atoms with Crippen molar-refractivity contribution in [3.05, 3.63) is 12.7 Å². The maximum absolute atomic E-state index is 4.07. The Kier molecular flexibility index (Phi) is 1.89. The van der Waals surface area contributed by atoms with E-state index in [1.54, 1.807) is 12.7 Å². The fourth-order valence-corrected chi connectivity index (χ4v) is 2.10. The second kappa shape index (κ2) is 2.54. The van der Waals surface area contributed by atoms with Crippen LogP contribution in [0.5, 0.6) is 0 Å². The van der Waals surface area contributed by atoms with Gasteiger partial charge in [-0.15, -0.1) is 0 Å². The van der Waals surface area contributed by atoms with Gasteiger partial charge in [0.05, 0.1) is 0 Å². The molecule has 0 unspecified atom stereocenters. The smallest absolute Gasteiger partial charge is 0.161 e. The molecule has 0 amide bonds. The van der Waals surface area contributed by atoms with Crippen molar-refractivity contribution in [3.8, 4) is 0 Å². The molecule has 0 fully saturated rings. The summed E-state index contributed by atoms with van der Waals surface area (Å²) in [4.78, 5) is 3.89. The molecule has 0 saturated carbocycles. The largest absolute Gasteiger partial charge is 0.290 e. The molecule has 1 aromatic heterocycles. The zero-order valence-corrected chi connectivity index (χ0v) is 8.12. The van der Waals surface area contributed by atoms with E-state index >= 15 is 0 Å². The summed E-state index contributed by atoms with van der Waals surface area (Å²) in [6.45, 7) is 6.71. The second-order valence-electron chi connectivity index (χ2n) is 3.65. The number of nitrogens with zero attached hydrogens (tertiary/aromatic N) is 3. The molecule has 0 radical (unpaired) electrons. The van der Waals surface area contributed by atoms with Gasteiger partial charge in [-0.05, 0) is 5.04 Å². The third kappa shape index (κ3) is 2.30. The van der Waals surface area contributed by atoms with Crippen LogP contribution in [-0.4, -0.2) is 24.1 Å². The molecule has 0 bridgehead atoms. The Morgan fingerprint density at radius 1 is 1.40 bits per heavy atom. The third-order valence-corrected chi connectivity index (χ3v) is 2.70. The fourth-order valence-electron chi connectivity index (χ4n) is 0.800. The average Bonchev–Trinajstić information content (AvgIpc) is 2.12. The van der Waals surface area contributed by atoms with Crippen molar-refractivity contribution < 1.29 is 0 Å². The zero-order chi connectivity index (χ0) is 7.61. The van der Waals surface area contributed by atoms with E-state index in [-0.39, 0.29) is 9.68 Å². The van der Waals surface area contributed by atoms with E-state index in [9.17, 15) is 0 Å². The molecule has 1 aromatic rings. The molecular formula is C6H13N3Si. The monoisotopic (exact) mass is 155 g/mol. The van der Waals surface area contributed by atoms with Crippen LogP contribution in [-0.2, 0) is 0 Å². The average molecular weight is 155 g/mol. The Labute approximate surface area is 63.4 Å². The predicted octanol–water partition coefficient (Wildman–Crippen LogP) is 0.428. The van der Waals surface area contributed by atoms with Crippen molar-refractivity contribution in [2.24, 2.45) is 0 Å². The molecule has 0 aromatic carbocycles. The molecule has 0 aliphatic rings. The van der Waals surface area contributed by atoms with Gasteiger partial charge in [0.25, 0.3) is 0 Å². The Hall–Kier alpha value is -0.643. The summed E-state index contributed by atoms with van der Waals surface area (Å²) < 4.78 is 1.99. The standard InChI is InChI=1S/C6H13N3Si/c1-6(2,3)10-9-5-7-4-8-9/h4-5H,10H2,1-3H3. The number of hydrogen-bond donors (Lipinski definition) is 0. The summed E-state index contributed by atoms with van der Waals surface area (Å²) in [6, 6.07) is 0.